The molecule has 0 bridgehead atoms. The van der Waals surface area contributed by atoms with Crippen LogP contribution in [0.2, 0.25) is 0 Å². The van der Waals surface area contributed by atoms with Crippen LogP contribution in [0.3, 0.4) is 0 Å². The summed E-state index contributed by atoms with van der Waals surface area (Å²) in [4.78, 5) is 35.3. The number of hydrogen-bond donors (Lipinski definition) is 3. The maximum atomic E-state index is 12.6. The van der Waals surface area contributed by atoms with Gasteiger partial charge in [0, 0.05) is 5.69 Å². The number of ether oxygens (including phenoxy) is 1. The first-order valence-electron chi connectivity index (χ1n) is 7.57. The fraction of sp³-hybridized carbons (Fsp3) is 0.167. The third kappa shape index (κ3) is 3.45. The van der Waals surface area contributed by atoms with Crippen LogP contribution >= 0.6 is 0 Å². The molecule has 1 fully saturated rings. The summed E-state index contributed by atoms with van der Waals surface area (Å²) in [6, 6.07) is 12.7. The van der Waals surface area contributed by atoms with Crippen LogP contribution in [0.4, 0.5) is 5.69 Å². The lowest BCUT2D eigenvalue weighted by Gasteiger charge is -2.17. The van der Waals surface area contributed by atoms with E-state index in [1.165, 1.54) is 12.1 Å². The molecule has 2 atom stereocenters. The molecule has 3 N–H and O–H groups in total. The molecule has 2 aromatic carbocycles. The number of hydrogen-bond acceptors (Lipinski definition) is 5. The fourth-order valence-corrected chi connectivity index (χ4v) is 2.75. The second kappa shape index (κ2) is 6.64. The second-order valence-corrected chi connectivity index (χ2v) is 5.66. The summed E-state index contributed by atoms with van der Waals surface area (Å²) in [7, 11) is 0. The van der Waals surface area contributed by atoms with Gasteiger partial charge < -0.3 is 20.3 Å². The highest BCUT2D eigenvalue weighted by atomic mass is 16.6. The summed E-state index contributed by atoms with van der Waals surface area (Å²) in [5, 5.41) is 21.1. The molecule has 0 saturated carbocycles. The van der Waals surface area contributed by atoms with Gasteiger partial charge in [0.05, 0.1) is 12.3 Å². The van der Waals surface area contributed by atoms with Crippen LogP contribution < -0.4 is 5.32 Å². The van der Waals surface area contributed by atoms with Gasteiger partial charge in [0.25, 0.3) is 0 Å². The van der Waals surface area contributed by atoms with Crippen molar-refractivity contribution in [3.05, 3.63) is 59.7 Å². The van der Waals surface area contributed by atoms with Crippen LogP contribution in [0, 0.1) is 5.92 Å². The van der Waals surface area contributed by atoms with Crippen molar-refractivity contribution in [3.63, 3.8) is 0 Å². The zero-order chi connectivity index (χ0) is 18.0. The van der Waals surface area contributed by atoms with Gasteiger partial charge in [-0.25, -0.2) is 4.79 Å². The molecule has 7 heteroatoms. The number of carboxylic acid groups (broad SMARTS) is 1. The predicted octanol–water partition coefficient (Wildman–Crippen LogP) is 2.33. The number of esters is 1. The molecule has 1 aliphatic heterocycles. The molecule has 1 aliphatic rings. The molecule has 2 aromatic rings. The van der Waals surface area contributed by atoms with Crippen LogP contribution in [0.5, 0.6) is 5.75 Å². The van der Waals surface area contributed by atoms with Crippen molar-refractivity contribution in [2.45, 2.75) is 12.5 Å². The van der Waals surface area contributed by atoms with E-state index < -0.39 is 35.6 Å². The number of phenols is 1. The molecule has 0 radical (unpaired) electrons. The second-order valence-electron chi connectivity index (χ2n) is 5.66. The standard InChI is InChI=1S/C18H15NO6/c20-14-7-6-11(8-12(14)18(23)24)19-17(22)13-9-15(21)25-16(13)10-4-2-1-3-5-10/h1-8,13,16,20H,9H2,(H,19,22)(H,23,24)/t13-,16+/m1/s1. The third-order valence-electron chi connectivity index (χ3n) is 3.97. The minimum atomic E-state index is -1.31. The van der Waals surface area contributed by atoms with E-state index in [0.29, 0.717) is 5.56 Å². The van der Waals surface area contributed by atoms with E-state index >= 15 is 0 Å². The number of carbonyl (C=O) groups is 3. The summed E-state index contributed by atoms with van der Waals surface area (Å²) >= 11 is 0. The first kappa shape index (κ1) is 16.5. The Labute approximate surface area is 142 Å². The Morgan fingerprint density at radius 2 is 1.84 bits per heavy atom. The van der Waals surface area contributed by atoms with E-state index in [1.807, 2.05) is 6.07 Å². The molecule has 0 aliphatic carbocycles. The Hall–Kier alpha value is -3.35. The quantitative estimate of drug-likeness (QED) is 0.581. The molecule has 1 heterocycles. The molecule has 7 nitrogen and oxygen atoms in total. The van der Waals surface area contributed by atoms with E-state index in [4.69, 9.17) is 9.84 Å². The molecule has 0 spiro atoms. The van der Waals surface area contributed by atoms with Crippen LogP contribution in [0.15, 0.2) is 48.5 Å². The molecule has 25 heavy (non-hydrogen) atoms. The predicted molar refractivity (Wildman–Crippen MR) is 87.1 cm³/mol. The number of aromatic carboxylic acids is 1. The third-order valence-corrected chi connectivity index (χ3v) is 3.97. The average Bonchev–Trinajstić information content (AvgIpc) is 2.99. The zero-order valence-corrected chi connectivity index (χ0v) is 13.0. The Kier molecular flexibility index (Phi) is 4.38. The Bertz CT molecular complexity index is 833. The molecular weight excluding hydrogens is 326 g/mol. The molecule has 3 rings (SSSR count). The van der Waals surface area contributed by atoms with Crippen molar-refractivity contribution >= 4 is 23.5 Å². The van der Waals surface area contributed by atoms with Crippen LogP contribution in [-0.4, -0.2) is 28.1 Å². The monoisotopic (exact) mass is 341 g/mol. The van der Waals surface area contributed by atoms with Crippen LogP contribution in [0.25, 0.3) is 0 Å². The van der Waals surface area contributed by atoms with Crippen molar-refractivity contribution in [1.29, 1.82) is 0 Å². The smallest absolute Gasteiger partial charge is 0.339 e. The van der Waals surface area contributed by atoms with E-state index in [-0.39, 0.29) is 17.7 Å². The summed E-state index contributed by atoms with van der Waals surface area (Å²) in [5.74, 6) is -3.35. The van der Waals surface area contributed by atoms with E-state index in [2.05, 4.69) is 5.32 Å². The normalized spacial score (nSPS) is 19.3. The summed E-state index contributed by atoms with van der Waals surface area (Å²) in [6.45, 7) is 0. The molecule has 0 unspecified atom stereocenters. The highest BCUT2D eigenvalue weighted by Gasteiger charge is 2.40. The molecule has 1 amide bonds. The number of carboxylic acids is 1. The van der Waals surface area contributed by atoms with Gasteiger partial charge in [-0.05, 0) is 23.8 Å². The minimum Gasteiger partial charge on any atom is -0.507 e. The van der Waals surface area contributed by atoms with Gasteiger partial charge in [-0.2, -0.15) is 0 Å². The zero-order valence-electron chi connectivity index (χ0n) is 13.0. The Balaban J connectivity index is 1.81. The van der Waals surface area contributed by atoms with Crippen molar-refractivity contribution in [3.8, 4) is 5.75 Å². The highest BCUT2D eigenvalue weighted by molar-refractivity contribution is 5.98. The summed E-state index contributed by atoms with van der Waals surface area (Å²) < 4.78 is 5.27. The van der Waals surface area contributed by atoms with E-state index in [1.54, 1.807) is 24.3 Å². The Morgan fingerprint density at radius 1 is 1.12 bits per heavy atom. The van der Waals surface area contributed by atoms with Crippen molar-refractivity contribution < 1.29 is 29.3 Å². The largest absolute Gasteiger partial charge is 0.507 e. The maximum Gasteiger partial charge on any atom is 0.339 e. The fourth-order valence-electron chi connectivity index (χ4n) is 2.75. The number of nitrogens with one attached hydrogen (secondary N) is 1. The van der Waals surface area contributed by atoms with Crippen LogP contribution in [0.1, 0.15) is 28.4 Å². The lowest BCUT2D eigenvalue weighted by molar-refractivity contribution is -0.141. The van der Waals surface area contributed by atoms with Crippen LogP contribution in [-0.2, 0) is 14.3 Å². The SMILES string of the molecule is O=C1C[C@@H](C(=O)Nc2ccc(O)c(C(=O)O)c2)[C@H](c2ccccc2)O1. The molecular formula is C18H15NO6. The van der Waals surface area contributed by atoms with Crippen molar-refractivity contribution in [2.75, 3.05) is 5.32 Å². The average molecular weight is 341 g/mol. The lowest BCUT2D eigenvalue weighted by atomic mass is 9.94. The van der Waals surface area contributed by atoms with Gasteiger partial charge in [-0.15, -0.1) is 0 Å². The van der Waals surface area contributed by atoms with Gasteiger partial charge in [0.2, 0.25) is 5.91 Å². The number of aromatic hydroxyl groups is 1. The minimum absolute atomic E-state index is 0.0603. The number of rotatable bonds is 4. The van der Waals surface area contributed by atoms with Crippen molar-refractivity contribution in [1.82, 2.24) is 0 Å². The number of anilines is 1. The number of carbonyl (C=O) groups excluding carboxylic acids is 2. The van der Waals surface area contributed by atoms with Gasteiger partial charge in [-0.1, -0.05) is 30.3 Å². The topological polar surface area (TPSA) is 113 Å². The number of cyclic esters (lactones) is 1. The highest BCUT2D eigenvalue weighted by Crippen LogP contribution is 2.36. The summed E-state index contributed by atoms with van der Waals surface area (Å²) in [6.07, 6.45) is -0.750. The summed E-state index contributed by atoms with van der Waals surface area (Å²) in [5.41, 5.74) is 0.605. The van der Waals surface area contributed by atoms with E-state index in [0.717, 1.165) is 6.07 Å². The Morgan fingerprint density at radius 3 is 2.52 bits per heavy atom. The van der Waals surface area contributed by atoms with Gasteiger partial charge >= 0.3 is 11.9 Å². The molecule has 1 saturated heterocycles. The number of amides is 1. The van der Waals surface area contributed by atoms with Crippen molar-refractivity contribution in [2.24, 2.45) is 5.92 Å². The molecule has 128 valence electrons. The lowest BCUT2D eigenvalue weighted by Crippen LogP contribution is -2.25. The number of benzene rings is 2. The first-order chi connectivity index (χ1) is 12.0. The molecule has 0 aromatic heterocycles. The van der Waals surface area contributed by atoms with Gasteiger partial charge in [0.15, 0.2) is 0 Å². The first-order valence-corrected chi connectivity index (χ1v) is 7.57. The van der Waals surface area contributed by atoms with Gasteiger partial charge in [0.1, 0.15) is 17.4 Å². The van der Waals surface area contributed by atoms with Gasteiger partial charge in [-0.3, -0.25) is 9.59 Å². The van der Waals surface area contributed by atoms with E-state index in [9.17, 15) is 19.5 Å². The maximum absolute atomic E-state index is 12.6.